The molecule has 0 amide bonds. The smallest absolute Gasteiger partial charge is 0.122 e. The second-order valence-electron chi connectivity index (χ2n) is 3.13. The molecule has 0 radical (unpaired) electrons. The molecule has 0 spiro atoms. The molecule has 0 aliphatic rings. The van der Waals surface area contributed by atoms with E-state index in [2.05, 4.69) is 12.6 Å². The Bertz CT molecular complexity index is 289. The van der Waals surface area contributed by atoms with Crippen LogP contribution in [0.1, 0.15) is 18.9 Å². The van der Waals surface area contributed by atoms with E-state index in [4.69, 9.17) is 10.5 Å². The molecule has 0 saturated carbocycles. The fraction of sp³-hybridized carbons (Fsp3) is 0.455. The van der Waals surface area contributed by atoms with E-state index >= 15 is 0 Å². The normalized spacial score (nSPS) is 10.1. The maximum Gasteiger partial charge on any atom is 0.122 e. The fourth-order valence-electron chi connectivity index (χ4n) is 1.36. The van der Waals surface area contributed by atoms with Gasteiger partial charge in [-0.15, -0.1) is 0 Å². The highest BCUT2D eigenvalue weighted by Crippen LogP contribution is 2.22. The average Bonchev–Trinajstić information content (AvgIpc) is 2.18. The number of thiol groups is 1. The van der Waals surface area contributed by atoms with Crippen molar-refractivity contribution < 1.29 is 4.74 Å². The van der Waals surface area contributed by atoms with Gasteiger partial charge in [0, 0.05) is 5.69 Å². The predicted molar refractivity (Wildman–Crippen MR) is 64.2 cm³/mol. The highest BCUT2D eigenvalue weighted by molar-refractivity contribution is 7.80. The Morgan fingerprint density at radius 2 is 2.21 bits per heavy atom. The molecule has 0 fully saturated rings. The Hall–Kier alpha value is -0.830. The van der Waals surface area contributed by atoms with E-state index in [0.717, 1.165) is 30.0 Å². The molecule has 0 bridgehead atoms. The van der Waals surface area contributed by atoms with Crippen molar-refractivity contribution in [1.82, 2.24) is 0 Å². The summed E-state index contributed by atoms with van der Waals surface area (Å²) in [7, 11) is 0. The van der Waals surface area contributed by atoms with Gasteiger partial charge >= 0.3 is 0 Å². The first-order valence-electron chi connectivity index (χ1n) is 4.90. The third-order valence-electron chi connectivity index (χ3n) is 1.99. The van der Waals surface area contributed by atoms with Gasteiger partial charge in [-0.2, -0.15) is 12.6 Å². The van der Waals surface area contributed by atoms with E-state index in [-0.39, 0.29) is 0 Å². The number of nitrogens with two attached hydrogens (primary N) is 1. The highest BCUT2D eigenvalue weighted by atomic mass is 32.1. The first kappa shape index (κ1) is 11.2. The van der Waals surface area contributed by atoms with Gasteiger partial charge in [0.25, 0.3) is 0 Å². The maximum absolute atomic E-state index is 5.72. The van der Waals surface area contributed by atoms with Crippen molar-refractivity contribution in [3.63, 3.8) is 0 Å². The third kappa shape index (κ3) is 3.14. The summed E-state index contributed by atoms with van der Waals surface area (Å²) < 4.78 is 5.51. The Labute approximate surface area is 90.9 Å². The molecule has 0 aliphatic carbocycles. The van der Waals surface area contributed by atoms with Crippen molar-refractivity contribution in [2.75, 3.05) is 18.1 Å². The van der Waals surface area contributed by atoms with Gasteiger partial charge in [0.05, 0.1) is 6.61 Å². The van der Waals surface area contributed by atoms with Crippen LogP contribution < -0.4 is 10.5 Å². The lowest BCUT2D eigenvalue weighted by molar-refractivity contribution is 0.336. The van der Waals surface area contributed by atoms with Crippen LogP contribution in [0.2, 0.25) is 0 Å². The SMILES string of the molecule is CCOc1ccc(N)cc1CCCS. The van der Waals surface area contributed by atoms with Crippen molar-refractivity contribution in [2.45, 2.75) is 19.8 Å². The number of benzene rings is 1. The van der Waals surface area contributed by atoms with Crippen LogP contribution in [0.4, 0.5) is 5.69 Å². The van der Waals surface area contributed by atoms with Crippen LogP contribution in [0.5, 0.6) is 5.75 Å². The molecule has 0 unspecified atom stereocenters. The van der Waals surface area contributed by atoms with Gasteiger partial charge in [-0.1, -0.05) is 0 Å². The summed E-state index contributed by atoms with van der Waals surface area (Å²) in [5.41, 5.74) is 7.70. The lowest BCUT2D eigenvalue weighted by Gasteiger charge is -2.10. The third-order valence-corrected chi connectivity index (χ3v) is 2.30. The predicted octanol–water partition coefficient (Wildman–Crippen LogP) is 2.53. The van der Waals surface area contributed by atoms with Crippen molar-refractivity contribution >= 4 is 18.3 Å². The van der Waals surface area contributed by atoms with Crippen molar-refractivity contribution in [1.29, 1.82) is 0 Å². The Kier molecular flexibility index (Phi) is 4.66. The molecule has 0 heterocycles. The molecule has 1 aromatic carbocycles. The summed E-state index contributed by atoms with van der Waals surface area (Å²) in [6, 6.07) is 5.79. The quantitative estimate of drug-likeness (QED) is 0.580. The first-order chi connectivity index (χ1) is 6.77. The van der Waals surface area contributed by atoms with Gasteiger partial charge in [-0.3, -0.25) is 0 Å². The second kappa shape index (κ2) is 5.81. The zero-order chi connectivity index (χ0) is 10.4. The Morgan fingerprint density at radius 3 is 2.86 bits per heavy atom. The van der Waals surface area contributed by atoms with Crippen molar-refractivity contribution in [3.8, 4) is 5.75 Å². The lowest BCUT2D eigenvalue weighted by Crippen LogP contribution is -1.98. The number of anilines is 1. The van der Waals surface area contributed by atoms with E-state index in [1.165, 1.54) is 5.56 Å². The van der Waals surface area contributed by atoms with Gasteiger partial charge in [-0.25, -0.2) is 0 Å². The fourth-order valence-corrected chi connectivity index (χ4v) is 1.52. The number of rotatable bonds is 5. The number of hydrogen-bond donors (Lipinski definition) is 2. The molecule has 2 N–H and O–H groups in total. The summed E-state index contributed by atoms with van der Waals surface area (Å²) in [6.07, 6.45) is 2.02. The Balaban J connectivity index is 2.79. The molecule has 78 valence electrons. The molecule has 1 rings (SSSR count). The molecule has 0 atom stereocenters. The molecule has 0 saturated heterocycles. The van der Waals surface area contributed by atoms with E-state index in [1.54, 1.807) is 0 Å². The van der Waals surface area contributed by atoms with Crippen LogP contribution >= 0.6 is 12.6 Å². The van der Waals surface area contributed by atoms with Crippen molar-refractivity contribution in [2.24, 2.45) is 0 Å². The second-order valence-corrected chi connectivity index (χ2v) is 3.57. The summed E-state index contributed by atoms with van der Waals surface area (Å²) >= 11 is 4.19. The van der Waals surface area contributed by atoms with Crippen LogP contribution in [0.15, 0.2) is 18.2 Å². The van der Waals surface area contributed by atoms with Gasteiger partial charge in [0.1, 0.15) is 5.75 Å². The van der Waals surface area contributed by atoms with Crippen molar-refractivity contribution in [3.05, 3.63) is 23.8 Å². The van der Waals surface area contributed by atoms with Crippen LogP contribution in [-0.2, 0) is 6.42 Å². The first-order valence-corrected chi connectivity index (χ1v) is 5.53. The van der Waals surface area contributed by atoms with E-state index in [0.29, 0.717) is 6.61 Å². The molecular formula is C11H17NOS. The minimum atomic E-state index is 0.692. The van der Waals surface area contributed by atoms with Crippen LogP contribution in [0.25, 0.3) is 0 Å². The molecule has 0 aromatic heterocycles. The Morgan fingerprint density at radius 1 is 1.43 bits per heavy atom. The topological polar surface area (TPSA) is 35.2 Å². The number of nitrogen functional groups attached to an aromatic ring is 1. The van der Waals surface area contributed by atoms with Crippen LogP contribution in [-0.4, -0.2) is 12.4 Å². The summed E-state index contributed by atoms with van der Waals surface area (Å²) in [6.45, 7) is 2.68. The molecule has 0 aliphatic heterocycles. The minimum absolute atomic E-state index is 0.692. The average molecular weight is 211 g/mol. The summed E-state index contributed by atoms with van der Waals surface area (Å²) in [5.74, 6) is 1.84. The number of aryl methyl sites for hydroxylation is 1. The largest absolute Gasteiger partial charge is 0.494 e. The van der Waals surface area contributed by atoms with Crippen LogP contribution in [0, 0.1) is 0 Å². The molecule has 14 heavy (non-hydrogen) atoms. The number of hydrogen-bond acceptors (Lipinski definition) is 3. The zero-order valence-electron chi connectivity index (χ0n) is 8.49. The van der Waals surface area contributed by atoms with Gasteiger partial charge in [-0.05, 0) is 49.3 Å². The molecular weight excluding hydrogens is 194 g/mol. The van der Waals surface area contributed by atoms with Gasteiger partial charge in [0.15, 0.2) is 0 Å². The monoisotopic (exact) mass is 211 g/mol. The standard InChI is InChI=1S/C11H17NOS/c1-2-13-11-6-5-10(12)8-9(11)4-3-7-14/h5-6,8,14H,2-4,7,12H2,1H3. The highest BCUT2D eigenvalue weighted by Gasteiger charge is 2.03. The van der Waals surface area contributed by atoms with E-state index in [1.807, 2.05) is 25.1 Å². The minimum Gasteiger partial charge on any atom is -0.494 e. The van der Waals surface area contributed by atoms with E-state index < -0.39 is 0 Å². The zero-order valence-corrected chi connectivity index (χ0v) is 9.39. The molecule has 2 nitrogen and oxygen atoms in total. The van der Waals surface area contributed by atoms with Crippen LogP contribution in [0.3, 0.4) is 0 Å². The van der Waals surface area contributed by atoms with Gasteiger partial charge in [0.2, 0.25) is 0 Å². The molecule has 1 aromatic rings. The van der Waals surface area contributed by atoms with Gasteiger partial charge < -0.3 is 10.5 Å². The number of ether oxygens (including phenoxy) is 1. The summed E-state index contributed by atoms with van der Waals surface area (Å²) in [5, 5.41) is 0. The summed E-state index contributed by atoms with van der Waals surface area (Å²) in [4.78, 5) is 0. The lowest BCUT2D eigenvalue weighted by atomic mass is 10.1. The van der Waals surface area contributed by atoms with E-state index in [9.17, 15) is 0 Å². The maximum atomic E-state index is 5.72. The molecule has 3 heteroatoms.